The van der Waals surface area contributed by atoms with Gasteiger partial charge in [0, 0.05) is 13.1 Å². The van der Waals surface area contributed by atoms with E-state index in [1.165, 1.54) is 4.31 Å². The lowest BCUT2D eigenvalue weighted by Crippen LogP contribution is -2.44. The van der Waals surface area contributed by atoms with Gasteiger partial charge in [-0.2, -0.15) is 14.7 Å². The smallest absolute Gasteiger partial charge is 0.246 e. The van der Waals surface area contributed by atoms with Crippen LogP contribution in [0.5, 0.6) is 0 Å². The Morgan fingerprint density at radius 2 is 2.11 bits per heavy atom. The predicted molar refractivity (Wildman–Crippen MR) is 99.3 cm³/mol. The number of benzene rings is 1. The topological polar surface area (TPSA) is 119 Å². The van der Waals surface area contributed by atoms with Crippen molar-refractivity contribution < 1.29 is 13.2 Å². The first-order valence-corrected chi connectivity index (χ1v) is 10.1. The van der Waals surface area contributed by atoms with E-state index in [0.29, 0.717) is 42.0 Å². The van der Waals surface area contributed by atoms with Crippen LogP contribution >= 0.6 is 0 Å². The van der Waals surface area contributed by atoms with Crippen LogP contribution in [0.15, 0.2) is 29.2 Å². The molecule has 0 radical (unpaired) electrons. The molecule has 2 heterocycles. The van der Waals surface area contributed by atoms with Gasteiger partial charge in [0.1, 0.15) is 11.0 Å². The molecule has 1 fully saturated rings. The molecule has 1 aliphatic heterocycles. The van der Waals surface area contributed by atoms with E-state index in [4.69, 9.17) is 5.26 Å². The predicted octanol–water partition coefficient (Wildman–Crippen LogP) is 1.94. The number of nitrogens with one attached hydrogen (secondary N) is 2. The first-order chi connectivity index (χ1) is 12.8. The summed E-state index contributed by atoms with van der Waals surface area (Å²) in [7, 11) is -3.72. The first-order valence-electron chi connectivity index (χ1n) is 8.66. The lowest BCUT2D eigenvalue weighted by atomic mass is 9.98. The molecule has 0 aliphatic carbocycles. The van der Waals surface area contributed by atoms with Crippen LogP contribution in [0.4, 0.5) is 5.69 Å². The highest BCUT2D eigenvalue weighted by Crippen LogP contribution is 2.27. The molecular formula is C18H21N5O3S. The van der Waals surface area contributed by atoms with Crippen LogP contribution in [0.2, 0.25) is 0 Å². The summed E-state index contributed by atoms with van der Waals surface area (Å²) in [5.41, 5.74) is 1.71. The average molecular weight is 387 g/mol. The number of aromatic amines is 1. The molecule has 1 amide bonds. The van der Waals surface area contributed by atoms with Crippen molar-refractivity contribution >= 4 is 21.6 Å². The molecule has 1 saturated heterocycles. The van der Waals surface area contributed by atoms with E-state index in [0.717, 1.165) is 0 Å². The quantitative estimate of drug-likeness (QED) is 0.831. The highest BCUT2D eigenvalue weighted by molar-refractivity contribution is 7.89. The Morgan fingerprint density at radius 3 is 2.78 bits per heavy atom. The standard InChI is InChI=1S/C18H21N5O3S/c1-12-17(13(2)22-21-12)27(25,26)23-9-5-7-15(11-23)18(24)20-16-8-4-3-6-14(16)10-19/h3-4,6,8,15H,5,7,9,11H2,1-2H3,(H,20,24)(H,21,22). The fourth-order valence-corrected chi connectivity index (χ4v) is 5.20. The Kier molecular flexibility index (Phi) is 5.30. The molecule has 2 aromatic rings. The number of hydrogen-bond donors (Lipinski definition) is 2. The summed E-state index contributed by atoms with van der Waals surface area (Å²) in [5, 5.41) is 18.6. The number of piperidine rings is 1. The van der Waals surface area contributed by atoms with Crippen molar-refractivity contribution in [2.24, 2.45) is 5.92 Å². The number of amides is 1. The zero-order valence-corrected chi connectivity index (χ0v) is 16.0. The number of hydrogen-bond acceptors (Lipinski definition) is 5. The van der Waals surface area contributed by atoms with E-state index in [2.05, 4.69) is 15.5 Å². The summed E-state index contributed by atoms with van der Waals surface area (Å²) in [6, 6.07) is 8.77. The van der Waals surface area contributed by atoms with Gasteiger partial charge >= 0.3 is 0 Å². The van der Waals surface area contributed by atoms with Crippen LogP contribution in [0.25, 0.3) is 0 Å². The molecule has 1 aliphatic rings. The highest BCUT2D eigenvalue weighted by atomic mass is 32.2. The van der Waals surface area contributed by atoms with Crippen LogP contribution in [-0.2, 0) is 14.8 Å². The Labute approximate surface area is 158 Å². The molecule has 142 valence electrons. The van der Waals surface area contributed by atoms with E-state index >= 15 is 0 Å². The summed E-state index contributed by atoms with van der Waals surface area (Å²) < 4.78 is 27.4. The van der Waals surface area contributed by atoms with E-state index < -0.39 is 15.9 Å². The van der Waals surface area contributed by atoms with E-state index in [-0.39, 0.29) is 17.3 Å². The minimum Gasteiger partial charge on any atom is -0.325 e. The molecule has 0 saturated carbocycles. The number of sulfonamides is 1. The molecule has 1 unspecified atom stereocenters. The van der Waals surface area contributed by atoms with Gasteiger partial charge in [-0.05, 0) is 38.8 Å². The fourth-order valence-electron chi connectivity index (χ4n) is 3.35. The van der Waals surface area contributed by atoms with Crippen LogP contribution in [0, 0.1) is 31.1 Å². The molecule has 0 spiro atoms. The third kappa shape index (κ3) is 3.72. The lowest BCUT2D eigenvalue weighted by molar-refractivity contribution is -0.120. The molecule has 3 rings (SSSR count). The van der Waals surface area contributed by atoms with Crippen molar-refractivity contribution in [3.63, 3.8) is 0 Å². The van der Waals surface area contributed by atoms with Gasteiger partial charge in [-0.15, -0.1) is 0 Å². The fraction of sp³-hybridized carbons (Fsp3) is 0.389. The number of H-pyrrole nitrogens is 1. The molecule has 0 bridgehead atoms. The number of rotatable bonds is 4. The summed E-state index contributed by atoms with van der Waals surface area (Å²) in [6.45, 7) is 3.78. The largest absolute Gasteiger partial charge is 0.325 e. The molecule has 1 aromatic heterocycles. The van der Waals surface area contributed by atoms with Gasteiger partial charge in [-0.25, -0.2) is 8.42 Å². The highest BCUT2D eigenvalue weighted by Gasteiger charge is 2.35. The van der Waals surface area contributed by atoms with Crippen molar-refractivity contribution in [1.82, 2.24) is 14.5 Å². The maximum absolute atomic E-state index is 13.0. The number of para-hydroxylation sites is 1. The van der Waals surface area contributed by atoms with Crippen molar-refractivity contribution in [3.8, 4) is 6.07 Å². The first kappa shape index (κ1) is 19.1. The second-order valence-corrected chi connectivity index (χ2v) is 8.49. The maximum atomic E-state index is 13.0. The Bertz CT molecular complexity index is 987. The monoisotopic (exact) mass is 387 g/mol. The summed E-state index contributed by atoms with van der Waals surface area (Å²) in [6.07, 6.45) is 1.18. The third-order valence-electron chi connectivity index (χ3n) is 4.72. The van der Waals surface area contributed by atoms with Crippen LogP contribution in [0.3, 0.4) is 0 Å². The number of nitriles is 1. The van der Waals surface area contributed by atoms with Crippen molar-refractivity contribution in [2.45, 2.75) is 31.6 Å². The summed E-state index contributed by atoms with van der Waals surface area (Å²) in [5.74, 6) is -0.758. The molecule has 9 heteroatoms. The Hall–Kier alpha value is -2.70. The second kappa shape index (κ2) is 7.50. The normalized spacial score (nSPS) is 18.0. The minimum atomic E-state index is -3.72. The van der Waals surface area contributed by atoms with Gasteiger partial charge in [0.05, 0.1) is 28.6 Å². The van der Waals surface area contributed by atoms with Gasteiger partial charge in [0.15, 0.2) is 0 Å². The molecule has 27 heavy (non-hydrogen) atoms. The number of aromatic nitrogens is 2. The lowest BCUT2D eigenvalue weighted by Gasteiger charge is -2.31. The van der Waals surface area contributed by atoms with Gasteiger partial charge < -0.3 is 5.32 Å². The average Bonchev–Trinajstić information content (AvgIpc) is 3.01. The summed E-state index contributed by atoms with van der Waals surface area (Å²) >= 11 is 0. The van der Waals surface area contributed by atoms with Crippen LogP contribution < -0.4 is 5.32 Å². The van der Waals surface area contributed by atoms with Crippen molar-refractivity contribution in [1.29, 1.82) is 5.26 Å². The van der Waals surface area contributed by atoms with Gasteiger partial charge in [-0.3, -0.25) is 9.89 Å². The van der Waals surface area contributed by atoms with Gasteiger partial charge in [0.25, 0.3) is 0 Å². The molecule has 1 atom stereocenters. The Morgan fingerprint density at radius 1 is 1.37 bits per heavy atom. The third-order valence-corrected chi connectivity index (χ3v) is 6.85. The zero-order valence-electron chi connectivity index (χ0n) is 15.2. The second-order valence-electron chi connectivity index (χ2n) is 6.61. The maximum Gasteiger partial charge on any atom is 0.246 e. The minimum absolute atomic E-state index is 0.104. The Balaban J connectivity index is 1.78. The van der Waals surface area contributed by atoms with Crippen LogP contribution in [-0.4, -0.2) is 41.9 Å². The number of anilines is 1. The number of carbonyl (C=O) groups is 1. The SMILES string of the molecule is Cc1n[nH]c(C)c1S(=O)(=O)N1CCCC(C(=O)Nc2ccccc2C#N)C1. The molecule has 2 N–H and O–H groups in total. The van der Waals surface area contributed by atoms with Crippen molar-refractivity contribution in [2.75, 3.05) is 18.4 Å². The number of nitrogens with zero attached hydrogens (tertiary/aromatic N) is 3. The zero-order chi connectivity index (χ0) is 19.6. The number of aryl methyl sites for hydroxylation is 2. The molecule has 1 aromatic carbocycles. The van der Waals surface area contributed by atoms with Crippen LogP contribution in [0.1, 0.15) is 29.8 Å². The van der Waals surface area contributed by atoms with Gasteiger partial charge in [0.2, 0.25) is 15.9 Å². The van der Waals surface area contributed by atoms with E-state index in [1.54, 1.807) is 38.1 Å². The number of carbonyl (C=O) groups excluding carboxylic acids is 1. The van der Waals surface area contributed by atoms with Gasteiger partial charge in [-0.1, -0.05) is 12.1 Å². The molecule has 8 nitrogen and oxygen atoms in total. The molecular weight excluding hydrogens is 366 g/mol. The van der Waals surface area contributed by atoms with E-state index in [9.17, 15) is 13.2 Å². The van der Waals surface area contributed by atoms with E-state index in [1.807, 2.05) is 6.07 Å². The summed E-state index contributed by atoms with van der Waals surface area (Å²) in [4.78, 5) is 12.8. The van der Waals surface area contributed by atoms with Crippen molar-refractivity contribution in [3.05, 3.63) is 41.2 Å².